The Labute approximate surface area is 136 Å². The first-order valence-corrected chi connectivity index (χ1v) is 6.63. The molecular formula is C11H16ClN7O4. The van der Waals surface area contributed by atoms with Gasteiger partial charge in [0.2, 0.25) is 0 Å². The van der Waals surface area contributed by atoms with Gasteiger partial charge in [-0.25, -0.2) is 10.1 Å². The minimum Gasteiger partial charge on any atom is -0.496 e. The number of hydrogen-bond donors (Lipinski definition) is 5. The Kier molecular flexibility index (Phi) is 6.83. The fourth-order valence-corrected chi connectivity index (χ4v) is 1.64. The lowest BCUT2D eigenvalue weighted by Gasteiger charge is -2.13. The molecule has 1 aromatic carbocycles. The van der Waals surface area contributed by atoms with E-state index in [-0.39, 0.29) is 41.1 Å². The van der Waals surface area contributed by atoms with E-state index in [9.17, 15) is 14.9 Å². The molecule has 0 aliphatic heterocycles. The first-order valence-electron chi connectivity index (χ1n) is 6.25. The number of hydrazine groups is 1. The Morgan fingerprint density at radius 3 is 2.74 bits per heavy atom. The van der Waals surface area contributed by atoms with Crippen LogP contribution in [0.15, 0.2) is 17.2 Å². The van der Waals surface area contributed by atoms with Gasteiger partial charge in [0, 0.05) is 19.2 Å². The molecule has 0 saturated heterocycles. The van der Waals surface area contributed by atoms with Crippen molar-refractivity contribution < 1.29 is 14.6 Å². The number of nitrogen functional groups attached to an aromatic ring is 1. The summed E-state index contributed by atoms with van der Waals surface area (Å²) in [6.45, 7) is 0.431. The summed E-state index contributed by atoms with van der Waals surface area (Å²) in [5, 5.41) is 15.2. The summed E-state index contributed by atoms with van der Waals surface area (Å²) in [5.41, 5.74) is 15.7. The normalized spacial score (nSPS) is 10.8. The quantitative estimate of drug-likeness (QED) is 0.153. The van der Waals surface area contributed by atoms with Crippen molar-refractivity contribution in [3.8, 4) is 5.75 Å². The third kappa shape index (κ3) is 5.48. The highest BCUT2D eigenvalue weighted by Gasteiger charge is 2.16. The van der Waals surface area contributed by atoms with Gasteiger partial charge >= 0.3 is 0 Å². The molecule has 7 N–H and O–H groups in total. The first-order chi connectivity index (χ1) is 10.9. The van der Waals surface area contributed by atoms with Crippen molar-refractivity contribution in [3.05, 3.63) is 32.8 Å². The van der Waals surface area contributed by atoms with E-state index in [4.69, 9.17) is 27.8 Å². The topological polar surface area (TPSA) is 170 Å². The molecule has 1 amide bonds. The zero-order chi connectivity index (χ0) is 17.4. The van der Waals surface area contributed by atoms with E-state index in [2.05, 4.69) is 21.3 Å². The Balaban J connectivity index is 2.86. The predicted molar refractivity (Wildman–Crippen MR) is 84.5 cm³/mol. The molecular weight excluding hydrogens is 330 g/mol. The number of ether oxygens (including phenoxy) is 1. The molecule has 11 nitrogen and oxygen atoms in total. The summed E-state index contributed by atoms with van der Waals surface area (Å²) in [7, 11) is 1.36. The molecule has 0 aliphatic rings. The molecule has 1 rings (SSSR count). The van der Waals surface area contributed by atoms with Gasteiger partial charge in [-0.15, -0.1) is 0 Å². The maximum Gasteiger partial charge on any atom is 0.287 e. The van der Waals surface area contributed by atoms with Crippen molar-refractivity contribution >= 4 is 29.2 Å². The van der Waals surface area contributed by atoms with Crippen molar-refractivity contribution in [2.45, 2.75) is 0 Å². The number of guanidine groups is 1. The monoisotopic (exact) mass is 345 g/mol. The number of benzene rings is 1. The summed E-state index contributed by atoms with van der Waals surface area (Å²) in [6.07, 6.45) is 0. The number of amides is 1. The smallest absolute Gasteiger partial charge is 0.287 e. The predicted octanol–water partition coefficient (Wildman–Crippen LogP) is -0.739. The van der Waals surface area contributed by atoms with Crippen LogP contribution in [0.5, 0.6) is 5.75 Å². The fourth-order valence-electron chi connectivity index (χ4n) is 1.48. The van der Waals surface area contributed by atoms with Crippen LogP contribution in [-0.2, 0) is 0 Å². The number of methoxy groups -OCH3 is 1. The van der Waals surface area contributed by atoms with Gasteiger partial charge < -0.3 is 21.5 Å². The second-order valence-corrected chi connectivity index (χ2v) is 4.46. The lowest BCUT2D eigenvalue weighted by atomic mass is 10.1. The van der Waals surface area contributed by atoms with Gasteiger partial charge in [0.25, 0.3) is 11.9 Å². The summed E-state index contributed by atoms with van der Waals surface area (Å²) >= 11 is 5.87. The van der Waals surface area contributed by atoms with Crippen molar-refractivity contribution in [1.82, 2.24) is 16.2 Å². The van der Waals surface area contributed by atoms with E-state index in [0.29, 0.717) is 0 Å². The van der Waals surface area contributed by atoms with Crippen LogP contribution in [0.2, 0.25) is 5.02 Å². The molecule has 23 heavy (non-hydrogen) atoms. The highest BCUT2D eigenvalue weighted by Crippen LogP contribution is 2.28. The SMILES string of the molecule is COc1cc(N)c(Cl)cc1C(=O)NNC(=N[N+](=O)[O-])NCCN. The van der Waals surface area contributed by atoms with E-state index in [0.717, 1.165) is 0 Å². The van der Waals surface area contributed by atoms with Crippen molar-refractivity contribution in [2.24, 2.45) is 10.8 Å². The van der Waals surface area contributed by atoms with Gasteiger partial charge in [0.1, 0.15) is 10.9 Å². The van der Waals surface area contributed by atoms with E-state index < -0.39 is 10.9 Å². The van der Waals surface area contributed by atoms with Gasteiger partial charge in [0.15, 0.2) is 5.03 Å². The van der Waals surface area contributed by atoms with Crippen LogP contribution in [0.4, 0.5) is 5.69 Å². The Hall–Kier alpha value is -2.79. The van der Waals surface area contributed by atoms with E-state index >= 15 is 0 Å². The number of hydrogen-bond acceptors (Lipinski definition) is 6. The molecule has 0 fully saturated rings. The molecule has 0 saturated carbocycles. The summed E-state index contributed by atoms with van der Waals surface area (Å²) in [6, 6.07) is 2.69. The molecule has 0 bridgehead atoms. The van der Waals surface area contributed by atoms with Crippen LogP contribution in [0.1, 0.15) is 10.4 Å². The van der Waals surface area contributed by atoms with Gasteiger partial charge in [-0.05, 0) is 6.07 Å². The minimum absolute atomic E-state index is 0.0819. The van der Waals surface area contributed by atoms with Crippen LogP contribution in [0, 0.1) is 10.1 Å². The zero-order valence-electron chi connectivity index (χ0n) is 12.1. The number of halogens is 1. The van der Waals surface area contributed by atoms with Gasteiger partial charge in [-0.2, -0.15) is 0 Å². The van der Waals surface area contributed by atoms with E-state index in [1.165, 1.54) is 19.2 Å². The molecule has 0 heterocycles. The standard InChI is InChI=1S/C11H16ClN7O4/c1-23-9-5-8(14)7(12)4-6(9)10(20)16-17-11(15-3-2-13)18-19(21)22/h4-5H,2-3,13-14H2,1H3,(H,16,20)(H2,15,17,18). The molecule has 0 aromatic heterocycles. The third-order valence-corrected chi connectivity index (χ3v) is 2.80. The molecule has 0 unspecified atom stereocenters. The van der Waals surface area contributed by atoms with Crippen molar-refractivity contribution in [2.75, 3.05) is 25.9 Å². The molecule has 1 aromatic rings. The number of anilines is 1. The van der Waals surface area contributed by atoms with Gasteiger partial charge in [-0.3, -0.25) is 15.6 Å². The maximum atomic E-state index is 12.1. The Morgan fingerprint density at radius 1 is 1.48 bits per heavy atom. The molecule has 126 valence electrons. The Bertz CT molecular complexity index is 623. The van der Waals surface area contributed by atoms with Crippen LogP contribution < -0.4 is 32.4 Å². The molecule has 0 aliphatic carbocycles. The number of nitrogens with two attached hydrogens (primary N) is 2. The highest BCUT2D eigenvalue weighted by atomic mass is 35.5. The highest BCUT2D eigenvalue weighted by molar-refractivity contribution is 6.33. The Morgan fingerprint density at radius 2 is 2.17 bits per heavy atom. The first kappa shape index (κ1) is 18.3. The minimum atomic E-state index is -0.932. The second kappa shape index (κ2) is 8.60. The lowest BCUT2D eigenvalue weighted by molar-refractivity contribution is -0.485. The summed E-state index contributed by atoms with van der Waals surface area (Å²) in [4.78, 5) is 22.5. The fraction of sp³-hybridized carbons (Fsp3) is 0.273. The number of carbonyl (C=O) groups is 1. The van der Waals surface area contributed by atoms with E-state index in [1.807, 2.05) is 0 Å². The molecule has 0 atom stereocenters. The van der Waals surface area contributed by atoms with Crippen LogP contribution >= 0.6 is 11.6 Å². The summed E-state index contributed by atoms with van der Waals surface area (Å²) in [5.74, 6) is -0.752. The van der Waals surface area contributed by atoms with Gasteiger partial charge in [0.05, 0.1) is 23.4 Å². The number of rotatable bonds is 5. The molecule has 12 heteroatoms. The molecule has 0 radical (unpaired) electrons. The van der Waals surface area contributed by atoms with Crippen LogP contribution in [0.25, 0.3) is 0 Å². The summed E-state index contributed by atoms with van der Waals surface area (Å²) < 4.78 is 5.04. The number of nitrogens with zero attached hydrogens (tertiary/aromatic N) is 2. The number of nitro groups is 1. The maximum absolute atomic E-state index is 12.1. The van der Waals surface area contributed by atoms with Crippen LogP contribution in [-0.4, -0.2) is 37.1 Å². The average molecular weight is 346 g/mol. The van der Waals surface area contributed by atoms with Crippen molar-refractivity contribution in [3.63, 3.8) is 0 Å². The average Bonchev–Trinajstić information content (AvgIpc) is 2.51. The largest absolute Gasteiger partial charge is 0.496 e. The van der Waals surface area contributed by atoms with Gasteiger partial charge in [-0.1, -0.05) is 11.6 Å². The number of carbonyl (C=O) groups excluding carboxylic acids is 1. The van der Waals surface area contributed by atoms with Crippen molar-refractivity contribution in [1.29, 1.82) is 0 Å². The van der Waals surface area contributed by atoms with Crippen LogP contribution in [0.3, 0.4) is 0 Å². The second-order valence-electron chi connectivity index (χ2n) is 4.06. The lowest BCUT2D eigenvalue weighted by Crippen LogP contribution is -2.49. The molecule has 0 spiro atoms. The number of nitrogens with one attached hydrogen (secondary N) is 3. The van der Waals surface area contributed by atoms with E-state index in [1.54, 1.807) is 0 Å². The zero-order valence-corrected chi connectivity index (χ0v) is 12.9. The third-order valence-electron chi connectivity index (χ3n) is 2.48. The number of hydrazone groups is 1.